The van der Waals surface area contributed by atoms with Gasteiger partial charge in [0.1, 0.15) is 0 Å². The molecule has 0 radical (unpaired) electrons. The molecule has 6 nitrogen and oxygen atoms in total. The van der Waals surface area contributed by atoms with Gasteiger partial charge in [-0.05, 0) is 56.0 Å². The Morgan fingerprint density at radius 3 is 2.76 bits per heavy atom. The third-order valence-corrected chi connectivity index (χ3v) is 4.25. The number of ether oxygens (including phenoxy) is 2. The van der Waals surface area contributed by atoms with Gasteiger partial charge in [-0.3, -0.25) is 9.30 Å². The Hall–Kier alpha value is -2.38. The van der Waals surface area contributed by atoms with Gasteiger partial charge in [0.15, 0.2) is 17.1 Å². The molecule has 2 heterocycles. The minimum Gasteiger partial charge on any atom is -0.493 e. The van der Waals surface area contributed by atoms with E-state index in [1.807, 2.05) is 65.6 Å². The van der Waals surface area contributed by atoms with Crippen LogP contribution in [0.15, 0.2) is 42.6 Å². The number of pyridine rings is 1. The van der Waals surface area contributed by atoms with E-state index in [1.165, 1.54) is 0 Å². The highest BCUT2D eigenvalue weighted by atomic mass is 32.1. The fourth-order valence-corrected chi connectivity index (χ4v) is 2.99. The standard InChI is InChI=1S/C18H22N4O2S/c1-4-24-15-9-8-14(11-16(15)23-3)12-20(2)13-22-18(25)21-10-6-5-7-17(21)19-22/h5-11H,4,12-13H2,1-3H3. The summed E-state index contributed by atoms with van der Waals surface area (Å²) in [5.41, 5.74) is 1.99. The van der Waals surface area contributed by atoms with Crippen molar-refractivity contribution in [3.63, 3.8) is 0 Å². The lowest BCUT2D eigenvalue weighted by Gasteiger charge is -2.17. The predicted octanol–water partition coefficient (Wildman–Crippen LogP) is 3.36. The van der Waals surface area contributed by atoms with Crippen LogP contribution in [0.1, 0.15) is 12.5 Å². The quantitative estimate of drug-likeness (QED) is 0.606. The van der Waals surface area contributed by atoms with Crippen LogP contribution in [0.5, 0.6) is 11.5 Å². The van der Waals surface area contributed by atoms with Crippen LogP contribution in [0.4, 0.5) is 0 Å². The summed E-state index contributed by atoms with van der Waals surface area (Å²) in [6.07, 6.45) is 1.93. The normalized spacial score (nSPS) is 11.2. The van der Waals surface area contributed by atoms with Crippen LogP contribution in [-0.4, -0.2) is 39.8 Å². The summed E-state index contributed by atoms with van der Waals surface area (Å²) in [6, 6.07) is 11.9. The summed E-state index contributed by atoms with van der Waals surface area (Å²) in [5.74, 6) is 1.51. The molecule has 0 atom stereocenters. The minimum absolute atomic E-state index is 0.607. The first-order valence-corrected chi connectivity index (χ1v) is 8.55. The number of nitrogens with zero attached hydrogens (tertiary/aromatic N) is 4. The first-order valence-electron chi connectivity index (χ1n) is 8.15. The van der Waals surface area contributed by atoms with Crippen LogP contribution < -0.4 is 9.47 Å². The van der Waals surface area contributed by atoms with Crippen molar-refractivity contribution in [2.24, 2.45) is 0 Å². The molecule has 0 aliphatic carbocycles. The van der Waals surface area contributed by atoms with E-state index in [4.69, 9.17) is 21.7 Å². The third kappa shape index (κ3) is 3.83. The van der Waals surface area contributed by atoms with Gasteiger partial charge in [-0.2, -0.15) is 5.10 Å². The molecule has 25 heavy (non-hydrogen) atoms. The molecule has 0 bridgehead atoms. The third-order valence-electron chi connectivity index (χ3n) is 3.84. The van der Waals surface area contributed by atoms with E-state index < -0.39 is 0 Å². The highest BCUT2D eigenvalue weighted by molar-refractivity contribution is 7.71. The first kappa shape index (κ1) is 17.4. The number of fused-ring (bicyclic) bond motifs is 1. The SMILES string of the molecule is CCOc1ccc(CN(C)Cn2nc3ccccn3c2=S)cc1OC. The zero-order chi connectivity index (χ0) is 17.8. The molecule has 0 fully saturated rings. The monoisotopic (exact) mass is 358 g/mol. The Labute approximate surface area is 152 Å². The Morgan fingerprint density at radius 2 is 2.04 bits per heavy atom. The van der Waals surface area contributed by atoms with E-state index in [9.17, 15) is 0 Å². The van der Waals surface area contributed by atoms with E-state index in [0.717, 1.165) is 29.3 Å². The van der Waals surface area contributed by atoms with Crippen molar-refractivity contribution >= 4 is 17.9 Å². The maximum atomic E-state index is 5.56. The summed E-state index contributed by atoms with van der Waals surface area (Å²) in [7, 11) is 3.69. The van der Waals surface area contributed by atoms with Gasteiger partial charge in [-0.25, -0.2) is 4.68 Å². The van der Waals surface area contributed by atoms with Crippen LogP contribution >= 0.6 is 12.2 Å². The maximum absolute atomic E-state index is 5.56. The molecule has 0 aliphatic heterocycles. The number of rotatable bonds is 7. The number of hydrogen-bond acceptors (Lipinski definition) is 5. The average Bonchev–Trinajstić information content (AvgIpc) is 2.92. The molecule has 0 spiro atoms. The van der Waals surface area contributed by atoms with Crippen LogP contribution in [0.2, 0.25) is 0 Å². The second-order valence-corrected chi connectivity index (χ2v) is 6.15. The van der Waals surface area contributed by atoms with Crippen LogP contribution in [0.3, 0.4) is 0 Å². The van der Waals surface area contributed by atoms with Gasteiger partial charge in [0.25, 0.3) is 0 Å². The van der Waals surface area contributed by atoms with Gasteiger partial charge in [-0.15, -0.1) is 0 Å². The minimum atomic E-state index is 0.607. The van der Waals surface area contributed by atoms with Crippen molar-refractivity contribution in [1.29, 1.82) is 0 Å². The second kappa shape index (κ2) is 7.67. The molecule has 0 amide bonds. The molecule has 7 heteroatoms. The lowest BCUT2D eigenvalue weighted by molar-refractivity contribution is 0.244. The molecule has 0 unspecified atom stereocenters. The smallest absolute Gasteiger partial charge is 0.203 e. The van der Waals surface area contributed by atoms with Crippen molar-refractivity contribution in [3.8, 4) is 11.5 Å². The van der Waals surface area contributed by atoms with Crippen molar-refractivity contribution in [1.82, 2.24) is 19.1 Å². The van der Waals surface area contributed by atoms with E-state index in [2.05, 4.69) is 10.00 Å². The van der Waals surface area contributed by atoms with Gasteiger partial charge in [0.05, 0.1) is 20.4 Å². The van der Waals surface area contributed by atoms with Crippen molar-refractivity contribution in [2.45, 2.75) is 20.1 Å². The van der Waals surface area contributed by atoms with Crippen LogP contribution in [-0.2, 0) is 13.2 Å². The second-order valence-electron chi connectivity index (χ2n) is 5.78. The molecule has 0 saturated carbocycles. The summed E-state index contributed by atoms with van der Waals surface area (Å²) in [6.45, 7) is 3.93. The van der Waals surface area contributed by atoms with Gasteiger partial charge in [0.2, 0.25) is 4.77 Å². The highest BCUT2D eigenvalue weighted by Gasteiger charge is 2.09. The summed E-state index contributed by atoms with van der Waals surface area (Å²) in [4.78, 5) is 2.15. The van der Waals surface area contributed by atoms with Gasteiger partial charge in [0, 0.05) is 12.7 Å². The molecule has 132 valence electrons. The Bertz CT molecular complexity index is 919. The Kier molecular flexibility index (Phi) is 5.35. The number of aromatic nitrogens is 3. The maximum Gasteiger partial charge on any atom is 0.203 e. The predicted molar refractivity (Wildman–Crippen MR) is 99.6 cm³/mol. The molecule has 0 aliphatic rings. The van der Waals surface area contributed by atoms with E-state index in [0.29, 0.717) is 18.0 Å². The van der Waals surface area contributed by atoms with Crippen LogP contribution in [0.25, 0.3) is 5.65 Å². The number of benzene rings is 1. The molecule has 0 N–H and O–H groups in total. The average molecular weight is 358 g/mol. The summed E-state index contributed by atoms with van der Waals surface area (Å²) < 4.78 is 15.4. The van der Waals surface area contributed by atoms with Crippen molar-refractivity contribution in [3.05, 3.63) is 52.9 Å². The fraction of sp³-hybridized carbons (Fsp3) is 0.333. The van der Waals surface area contributed by atoms with E-state index in [1.54, 1.807) is 7.11 Å². The first-order chi connectivity index (χ1) is 12.1. The highest BCUT2D eigenvalue weighted by Crippen LogP contribution is 2.28. The molecule has 3 rings (SSSR count). The topological polar surface area (TPSA) is 43.9 Å². The Balaban J connectivity index is 1.74. The molecular formula is C18H22N4O2S. The summed E-state index contributed by atoms with van der Waals surface area (Å²) >= 11 is 5.50. The van der Waals surface area contributed by atoms with Crippen LogP contribution in [0, 0.1) is 4.77 Å². The number of hydrogen-bond donors (Lipinski definition) is 0. The molecule has 0 saturated heterocycles. The molecule has 2 aromatic heterocycles. The van der Waals surface area contributed by atoms with Gasteiger partial charge < -0.3 is 9.47 Å². The van der Waals surface area contributed by atoms with E-state index in [-0.39, 0.29) is 0 Å². The zero-order valence-corrected chi connectivity index (χ0v) is 15.5. The largest absolute Gasteiger partial charge is 0.493 e. The Morgan fingerprint density at radius 1 is 1.20 bits per heavy atom. The lowest BCUT2D eigenvalue weighted by Crippen LogP contribution is -2.22. The lowest BCUT2D eigenvalue weighted by atomic mass is 10.2. The molecule has 3 aromatic rings. The molecular weight excluding hydrogens is 336 g/mol. The van der Waals surface area contributed by atoms with Crippen molar-refractivity contribution < 1.29 is 9.47 Å². The van der Waals surface area contributed by atoms with Gasteiger partial charge in [-0.1, -0.05) is 12.1 Å². The zero-order valence-electron chi connectivity index (χ0n) is 14.7. The summed E-state index contributed by atoms with van der Waals surface area (Å²) in [5, 5.41) is 4.56. The van der Waals surface area contributed by atoms with Crippen molar-refractivity contribution in [2.75, 3.05) is 20.8 Å². The van der Waals surface area contributed by atoms with E-state index >= 15 is 0 Å². The fourth-order valence-electron chi connectivity index (χ4n) is 2.74. The molecule has 1 aromatic carbocycles. The van der Waals surface area contributed by atoms with Gasteiger partial charge >= 0.3 is 0 Å². The number of methoxy groups -OCH3 is 1.